The normalized spacial score (nSPS) is 17.7. The molecule has 7 nitrogen and oxygen atoms in total. The molecule has 1 aliphatic heterocycles. The van der Waals surface area contributed by atoms with Gasteiger partial charge >= 0.3 is 0 Å². The number of sulfonamides is 1. The van der Waals surface area contributed by atoms with E-state index in [9.17, 15) is 8.42 Å². The fourth-order valence-electron chi connectivity index (χ4n) is 2.52. The smallest absolute Gasteiger partial charge is 0.240 e. The van der Waals surface area contributed by atoms with Gasteiger partial charge in [0, 0.05) is 31.7 Å². The molecule has 1 aliphatic rings. The number of hydrogen-bond acceptors (Lipinski definition) is 6. The van der Waals surface area contributed by atoms with Crippen molar-refractivity contribution in [3.63, 3.8) is 0 Å². The third-order valence-electron chi connectivity index (χ3n) is 3.66. The molecular formula is C15H24N2O5S. The van der Waals surface area contributed by atoms with E-state index in [1.54, 1.807) is 6.07 Å². The van der Waals surface area contributed by atoms with Gasteiger partial charge in [0.1, 0.15) is 0 Å². The lowest BCUT2D eigenvalue weighted by Crippen LogP contribution is -2.45. The maximum Gasteiger partial charge on any atom is 0.240 e. The third kappa shape index (κ3) is 4.81. The van der Waals surface area contributed by atoms with E-state index in [2.05, 4.69) is 9.62 Å². The Kier molecular flexibility index (Phi) is 6.23. The third-order valence-corrected chi connectivity index (χ3v) is 5.24. The Morgan fingerprint density at radius 3 is 2.48 bits per heavy atom. The molecule has 1 aromatic rings. The Bertz CT molecular complexity index is 614. The van der Waals surface area contributed by atoms with E-state index in [0.717, 1.165) is 13.1 Å². The number of nitrogens with zero attached hydrogens (tertiary/aromatic N) is 1. The highest BCUT2D eigenvalue weighted by Crippen LogP contribution is 2.29. The monoisotopic (exact) mass is 344 g/mol. The van der Waals surface area contributed by atoms with Crippen LogP contribution in [0.2, 0.25) is 0 Å². The molecule has 1 N–H and O–H groups in total. The Balaban J connectivity index is 2.05. The molecule has 1 fully saturated rings. The molecule has 130 valence electrons. The molecule has 23 heavy (non-hydrogen) atoms. The number of nitrogens with one attached hydrogen (secondary N) is 1. The first-order chi connectivity index (χ1) is 11.0. The lowest BCUT2D eigenvalue weighted by Gasteiger charge is -2.29. The summed E-state index contributed by atoms with van der Waals surface area (Å²) in [5, 5.41) is 0. The zero-order valence-corrected chi connectivity index (χ0v) is 14.6. The summed E-state index contributed by atoms with van der Waals surface area (Å²) in [6, 6.07) is 4.35. The minimum atomic E-state index is -3.61. The fraction of sp³-hybridized carbons (Fsp3) is 0.600. The summed E-state index contributed by atoms with van der Waals surface area (Å²) < 4.78 is 43.3. The molecule has 2 rings (SSSR count). The number of ether oxygens (including phenoxy) is 3. The lowest BCUT2D eigenvalue weighted by molar-refractivity contribution is 0.0354. The maximum atomic E-state index is 12.5. The average molecular weight is 344 g/mol. The Hall–Kier alpha value is -1.35. The fourth-order valence-corrected chi connectivity index (χ4v) is 3.77. The van der Waals surface area contributed by atoms with Crippen LogP contribution in [-0.4, -0.2) is 66.4 Å². The summed E-state index contributed by atoms with van der Waals surface area (Å²) in [6.07, 6.45) is 0. The molecule has 8 heteroatoms. The standard InChI is InChI=1S/C15H24N2O5S/c1-12(11-17-6-8-22-9-7-17)16-23(18,19)13-4-5-14(20-2)15(10-13)21-3/h4-5,10,12,16H,6-9,11H2,1-3H3/t12-/m1/s1. The van der Waals surface area contributed by atoms with Crippen LogP contribution < -0.4 is 14.2 Å². The van der Waals surface area contributed by atoms with Crippen LogP contribution in [0, 0.1) is 0 Å². The van der Waals surface area contributed by atoms with Crippen LogP contribution in [0.25, 0.3) is 0 Å². The zero-order chi connectivity index (χ0) is 16.9. The molecule has 1 atom stereocenters. The van der Waals surface area contributed by atoms with Gasteiger partial charge in [-0.3, -0.25) is 4.90 Å². The topological polar surface area (TPSA) is 77.1 Å². The van der Waals surface area contributed by atoms with Crippen LogP contribution in [0.3, 0.4) is 0 Å². The average Bonchev–Trinajstić information content (AvgIpc) is 2.54. The Morgan fingerprint density at radius 2 is 1.87 bits per heavy atom. The number of rotatable bonds is 7. The SMILES string of the molecule is COc1ccc(S(=O)(=O)N[C@H](C)CN2CCOCC2)cc1OC. The Morgan fingerprint density at radius 1 is 1.22 bits per heavy atom. The second-order valence-electron chi connectivity index (χ2n) is 5.45. The van der Waals surface area contributed by atoms with Gasteiger partial charge in [0.15, 0.2) is 11.5 Å². The zero-order valence-electron chi connectivity index (χ0n) is 13.7. The van der Waals surface area contributed by atoms with Crippen molar-refractivity contribution in [1.29, 1.82) is 0 Å². The van der Waals surface area contributed by atoms with Gasteiger partial charge in [-0.25, -0.2) is 13.1 Å². The largest absolute Gasteiger partial charge is 0.493 e. The van der Waals surface area contributed by atoms with Crippen molar-refractivity contribution in [2.75, 3.05) is 47.1 Å². The summed E-state index contributed by atoms with van der Waals surface area (Å²) in [6.45, 7) is 5.53. The van der Waals surface area contributed by atoms with Crippen molar-refractivity contribution in [1.82, 2.24) is 9.62 Å². The lowest BCUT2D eigenvalue weighted by atomic mass is 10.3. The highest BCUT2D eigenvalue weighted by Gasteiger charge is 2.21. The number of hydrogen-bond donors (Lipinski definition) is 1. The summed E-state index contributed by atoms with van der Waals surface area (Å²) in [4.78, 5) is 2.34. The first-order valence-corrected chi connectivity index (χ1v) is 8.99. The minimum absolute atomic E-state index is 0.156. The molecule has 0 amide bonds. The van der Waals surface area contributed by atoms with Crippen molar-refractivity contribution >= 4 is 10.0 Å². The summed E-state index contributed by atoms with van der Waals surface area (Å²) >= 11 is 0. The van der Waals surface area contributed by atoms with E-state index < -0.39 is 10.0 Å². The quantitative estimate of drug-likeness (QED) is 0.785. The van der Waals surface area contributed by atoms with Gasteiger partial charge in [-0.15, -0.1) is 0 Å². The minimum Gasteiger partial charge on any atom is -0.493 e. The van der Waals surface area contributed by atoms with Crippen LogP contribution in [-0.2, 0) is 14.8 Å². The van der Waals surface area contributed by atoms with E-state index in [1.807, 2.05) is 6.92 Å². The number of methoxy groups -OCH3 is 2. The summed E-state index contributed by atoms with van der Waals surface area (Å²) in [5.41, 5.74) is 0. The van der Waals surface area contributed by atoms with E-state index in [1.165, 1.54) is 26.4 Å². The Labute approximate surface area is 137 Å². The molecule has 0 unspecified atom stereocenters. The van der Waals surface area contributed by atoms with Crippen LogP contribution in [0.15, 0.2) is 23.1 Å². The number of morpholine rings is 1. The van der Waals surface area contributed by atoms with Gasteiger partial charge in [-0.05, 0) is 19.1 Å². The summed E-state index contributed by atoms with van der Waals surface area (Å²) in [7, 11) is -0.628. The molecule has 1 saturated heterocycles. The van der Waals surface area contributed by atoms with E-state index in [4.69, 9.17) is 14.2 Å². The molecule has 0 spiro atoms. The van der Waals surface area contributed by atoms with E-state index in [0.29, 0.717) is 31.3 Å². The van der Waals surface area contributed by atoms with Crippen molar-refractivity contribution in [2.24, 2.45) is 0 Å². The van der Waals surface area contributed by atoms with Gasteiger partial charge in [0.2, 0.25) is 10.0 Å². The van der Waals surface area contributed by atoms with Gasteiger partial charge in [0.25, 0.3) is 0 Å². The van der Waals surface area contributed by atoms with Crippen molar-refractivity contribution in [2.45, 2.75) is 17.9 Å². The molecule has 0 aliphatic carbocycles. The molecule has 0 radical (unpaired) electrons. The van der Waals surface area contributed by atoms with Gasteiger partial charge < -0.3 is 14.2 Å². The van der Waals surface area contributed by atoms with Crippen LogP contribution in [0.1, 0.15) is 6.92 Å². The van der Waals surface area contributed by atoms with Gasteiger partial charge in [-0.2, -0.15) is 0 Å². The second-order valence-corrected chi connectivity index (χ2v) is 7.17. The predicted octanol–water partition coefficient (Wildman–Crippen LogP) is 0.703. The molecule has 1 heterocycles. The molecule has 0 bridgehead atoms. The number of benzene rings is 1. The van der Waals surface area contributed by atoms with Crippen LogP contribution in [0.4, 0.5) is 0 Å². The predicted molar refractivity (Wildman–Crippen MR) is 86.6 cm³/mol. The molecule has 0 aromatic heterocycles. The first kappa shape index (κ1) is 18.0. The molecule has 1 aromatic carbocycles. The molecule has 0 saturated carbocycles. The van der Waals surface area contributed by atoms with Crippen LogP contribution >= 0.6 is 0 Å². The van der Waals surface area contributed by atoms with Crippen molar-refractivity contribution in [3.05, 3.63) is 18.2 Å². The van der Waals surface area contributed by atoms with Gasteiger partial charge in [0.05, 0.1) is 32.3 Å². The molecular weight excluding hydrogens is 320 g/mol. The van der Waals surface area contributed by atoms with Gasteiger partial charge in [-0.1, -0.05) is 0 Å². The van der Waals surface area contributed by atoms with Crippen LogP contribution in [0.5, 0.6) is 11.5 Å². The maximum absolute atomic E-state index is 12.5. The van der Waals surface area contributed by atoms with Crippen molar-refractivity contribution < 1.29 is 22.6 Å². The van der Waals surface area contributed by atoms with Crippen molar-refractivity contribution in [3.8, 4) is 11.5 Å². The highest BCUT2D eigenvalue weighted by atomic mass is 32.2. The summed E-state index contributed by atoms with van der Waals surface area (Å²) in [5.74, 6) is 0.879. The van der Waals surface area contributed by atoms with E-state index >= 15 is 0 Å². The van der Waals surface area contributed by atoms with E-state index in [-0.39, 0.29) is 10.9 Å². The second kappa shape index (κ2) is 7.96. The highest BCUT2D eigenvalue weighted by molar-refractivity contribution is 7.89. The first-order valence-electron chi connectivity index (χ1n) is 7.50.